The average Bonchev–Trinajstić information content (AvgIpc) is 3.62. The third-order valence-corrected chi connectivity index (χ3v) is 10.2. The topological polar surface area (TPSA) is 148 Å². The Bertz CT molecular complexity index is 1420. The van der Waals surface area contributed by atoms with Gasteiger partial charge in [-0.15, -0.1) is 11.3 Å². The molecule has 0 aromatic carbocycles. The van der Waals surface area contributed by atoms with E-state index in [4.69, 9.17) is 10.1 Å². The third kappa shape index (κ3) is 8.22. The van der Waals surface area contributed by atoms with Crippen LogP contribution in [0, 0.1) is 16.7 Å². The maximum Gasteiger partial charge on any atom is 0.230 e. The molecule has 0 saturated carbocycles. The van der Waals surface area contributed by atoms with Gasteiger partial charge in [0.2, 0.25) is 11.7 Å². The standard InChI is InChI=1S/C31H45N9O3S.C2H6/c1-20-17-40(13-12-38(20)4)26-14-27(43-18-21-8-7-11-39(21)5)36-30(35-26)31(41,42)15-24(33)22-9-6-10-25-28(22)23(16-32)29(44-25)34-19-37(2)3;1-2/h14,19-22,33,41-42H,6-13,15,17-18H2,1-5H3;1-2H3/b33-24?,34-19+;. The van der Waals surface area contributed by atoms with Crippen molar-refractivity contribution < 1.29 is 14.9 Å². The van der Waals surface area contributed by atoms with E-state index >= 15 is 0 Å². The molecule has 0 radical (unpaired) electrons. The largest absolute Gasteiger partial charge is 0.476 e. The minimum Gasteiger partial charge on any atom is -0.476 e. The van der Waals surface area contributed by atoms with Gasteiger partial charge in [-0.1, -0.05) is 13.8 Å². The van der Waals surface area contributed by atoms with Crippen LogP contribution in [0.25, 0.3) is 0 Å². The number of aryl methyl sites for hydroxylation is 1. The summed E-state index contributed by atoms with van der Waals surface area (Å²) in [4.78, 5) is 23.1. The number of anilines is 1. The molecule has 3 aliphatic rings. The number of fused-ring (bicyclic) bond motifs is 1. The van der Waals surface area contributed by atoms with E-state index in [2.05, 4.69) is 56.7 Å². The normalized spacial score (nSPS) is 22.3. The zero-order chi connectivity index (χ0) is 33.6. The second kappa shape index (κ2) is 15.6. The first-order valence-corrected chi connectivity index (χ1v) is 17.2. The zero-order valence-electron chi connectivity index (χ0n) is 28.5. The van der Waals surface area contributed by atoms with E-state index in [-0.39, 0.29) is 24.0 Å². The van der Waals surface area contributed by atoms with Gasteiger partial charge < -0.3 is 40.0 Å². The van der Waals surface area contributed by atoms with Gasteiger partial charge in [-0.25, -0.2) is 9.98 Å². The fourth-order valence-corrected chi connectivity index (χ4v) is 7.47. The molecule has 5 rings (SSSR count). The first kappa shape index (κ1) is 35.7. The molecule has 3 atom stereocenters. The van der Waals surface area contributed by atoms with Crippen molar-refractivity contribution in [2.45, 2.75) is 83.1 Å². The molecule has 46 heavy (non-hydrogen) atoms. The van der Waals surface area contributed by atoms with Crippen molar-refractivity contribution in [3.63, 3.8) is 0 Å². The number of nitrogens with zero attached hydrogens (tertiary/aromatic N) is 8. The number of thiophene rings is 1. The minimum atomic E-state index is -2.50. The van der Waals surface area contributed by atoms with Crippen molar-refractivity contribution >= 4 is 34.2 Å². The predicted molar refractivity (Wildman–Crippen MR) is 184 cm³/mol. The molecule has 0 spiro atoms. The lowest BCUT2D eigenvalue weighted by Gasteiger charge is -2.38. The Labute approximate surface area is 277 Å². The molecule has 3 unspecified atom stereocenters. The summed E-state index contributed by atoms with van der Waals surface area (Å²) in [5.74, 6) is -2.22. The van der Waals surface area contributed by atoms with Crippen LogP contribution >= 0.6 is 11.3 Å². The van der Waals surface area contributed by atoms with Gasteiger partial charge in [-0.2, -0.15) is 10.2 Å². The molecule has 2 aromatic rings. The predicted octanol–water partition coefficient (Wildman–Crippen LogP) is 3.94. The van der Waals surface area contributed by atoms with Crippen LogP contribution in [0.5, 0.6) is 5.88 Å². The van der Waals surface area contributed by atoms with E-state index < -0.39 is 11.7 Å². The summed E-state index contributed by atoms with van der Waals surface area (Å²) in [6, 6.07) is 4.66. The zero-order valence-corrected chi connectivity index (χ0v) is 29.3. The van der Waals surface area contributed by atoms with Crippen LogP contribution in [0.4, 0.5) is 10.8 Å². The Kier molecular flexibility index (Phi) is 12.1. The van der Waals surface area contributed by atoms with E-state index in [1.165, 1.54) is 11.3 Å². The lowest BCUT2D eigenvalue weighted by Crippen LogP contribution is -2.50. The van der Waals surface area contributed by atoms with Crippen LogP contribution in [-0.4, -0.2) is 120 Å². The van der Waals surface area contributed by atoms with Gasteiger partial charge in [0.25, 0.3) is 0 Å². The highest BCUT2D eigenvalue weighted by atomic mass is 32.1. The van der Waals surface area contributed by atoms with Gasteiger partial charge in [0.05, 0.1) is 11.9 Å². The van der Waals surface area contributed by atoms with Gasteiger partial charge >= 0.3 is 0 Å². The Hall–Kier alpha value is -3.15. The van der Waals surface area contributed by atoms with Crippen LogP contribution in [0.1, 0.15) is 80.6 Å². The van der Waals surface area contributed by atoms with Crippen LogP contribution in [-0.2, 0) is 12.2 Å². The molecule has 2 saturated heterocycles. The Balaban J connectivity index is 0.00000235. The summed E-state index contributed by atoms with van der Waals surface area (Å²) in [5, 5.41) is 42.7. The van der Waals surface area contributed by atoms with E-state index in [0.717, 1.165) is 62.3 Å². The highest BCUT2D eigenvalue weighted by Gasteiger charge is 2.38. The number of aliphatic hydroxyl groups is 2. The van der Waals surface area contributed by atoms with Crippen LogP contribution in [0.15, 0.2) is 11.1 Å². The molecule has 12 nitrogen and oxygen atoms in total. The van der Waals surface area contributed by atoms with Crippen LogP contribution in [0.3, 0.4) is 0 Å². The molecule has 0 amide bonds. The second-order valence-corrected chi connectivity index (χ2v) is 13.7. The highest BCUT2D eigenvalue weighted by molar-refractivity contribution is 7.16. The van der Waals surface area contributed by atoms with Crippen molar-refractivity contribution in [1.29, 1.82) is 10.7 Å². The number of aromatic nitrogens is 2. The van der Waals surface area contributed by atoms with Crippen molar-refractivity contribution in [1.82, 2.24) is 24.7 Å². The van der Waals surface area contributed by atoms with E-state index in [1.54, 1.807) is 12.4 Å². The number of likely N-dealkylation sites (N-methyl/N-ethyl adjacent to an activating group) is 2. The first-order chi connectivity index (χ1) is 22.0. The maximum absolute atomic E-state index is 11.5. The third-order valence-electron chi connectivity index (χ3n) is 9.05. The van der Waals surface area contributed by atoms with Crippen molar-refractivity contribution in [2.24, 2.45) is 4.99 Å². The van der Waals surface area contributed by atoms with Crippen LogP contribution < -0.4 is 9.64 Å². The summed E-state index contributed by atoms with van der Waals surface area (Å²) in [7, 11) is 7.92. The van der Waals surface area contributed by atoms with Crippen molar-refractivity contribution in [2.75, 3.05) is 65.9 Å². The molecule has 0 bridgehead atoms. The molecule has 2 aromatic heterocycles. The van der Waals surface area contributed by atoms with E-state index in [1.807, 2.05) is 32.8 Å². The van der Waals surface area contributed by atoms with Gasteiger partial charge in [0, 0.05) is 74.8 Å². The Morgan fingerprint density at radius 1 is 1.20 bits per heavy atom. The van der Waals surface area contributed by atoms with E-state index in [0.29, 0.717) is 41.3 Å². The average molecular weight is 654 g/mol. The first-order valence-electron chi connectivity index (χ1n) is 16.4. The Morgan fingerprint density at radius 2 is 1.96 bits per heavy atom. The van der Waals surface area contributed by atoms with Crippen molar-refractivity contribution in [3.8, 4) is 11.9 Å². The number of rotatable bonds is 10. The SMILES string of the molecule is CC.CC1CN(c2cc(OCC3CCCN3C)nc(C(O)(O)CC(=N)C3CCCc4sc(/N=C/N(C)C)c(C#N)c43)n2)CCN1C. The van der Waals surface area contributed by atoms with Crippen molar-refractivity contribution in [3.05, 3.63) is 27.9 Å². The number of nitrogens with one attached hydrogen (secondary N) is 1. The number of hydrogen-bond acceptors (Lipinski definition) is 12. The van der Waals surface area contributed by atoms with Crippen LogP contribution in [0.2, 0.25) is 0 Å². The molecule has 2 aliphatic heterocycles. The summed E-state index contributed by atoms with van der Waals surface area (Å²) < 4.78 is 6.16. The number of nitriles is 1. The lowest BCUT2D eigenvalue weighted by molar-refractivity contribution is -0.169. The number of piperazine rings is 1. The van der Waals surface area contributed by atoms with Gasteiger partial charge in [0.1, 0.15) is 23.5 Å². The highest BCUT2D eigenvalue weighted by Crippen LogP contribution is 2.46. The molecule has 1 aliphatic carbocycles. The summed E-state index contributed by atoms with van der Waals surface area (Å²) in [6.45, 7) is 9.95. The van der Waals surface area contributed by atoms with Gasteiger partial charge in [-0.3, -0.25) is 0 Å². The Morgan fingerprint density at radius 3 is 2.61 bits per heavy atom. The fraction of sp³-hybridized carbons (Fsp3) is 0.667. The van der Waals surface area contributed by atoms with E-state index in [9.17, 15) is 15.5 Å². The second-order valence-electron chi connectivity index (χ2n) is 12.7. The fourth-order valence-electron chi connectivity index (χ4n) is 6.28. The molecule has 13 heteroatoms. The summed E-state index contributed by atoms with van der Waals surface area (Å²) >= 11 is 1.48. The summed E-state index contributed by atoms with van der Waals surface area (Å²) in [6.07, 6.45) is 5.73. The molecular weight excluding hydrogens is 602 g/mol. The maximum atomic E-state index is 11.5. The number of aliphatic imine (C=N–C) groups is 1. The molecule has 3 N–H and O–H groups in total. The molecular formula is C33H51N9O3S. The summed E-state index contributed by atoms with van der Waals surface area (Å²) in [5.41, 5.74) is 1.39. The number of ether oxygens (including phenoxy) is 1. The smallest absolute Gasteiger partial charge is 0.230 e. The molecule has 4 heterocycles. The molecule has 252 valence electrons. The lowest BCUT2D eigenvalue weighted by atomic mass is 9.80. The minimum absolute atomic E-state index is 0.130. The molecule has 2 fully saturated rings. The van der Waals surface area contributed by atoms with Gasteiger partial charge in [0.15, 0.2) is 5.82 Å². The quantitative estimate of drug-likeness (QED) is 0.196. The van der Waals surface area contributed by atoms with Gasteiger partial charge in [-0.05, 0) is 65.2 Å². The monoisotopic (exact) mass is 653 g/mol. The number of likely N-dealkylation sites (tertiary alicyclic amines) is 1. The number of hydrogen-bond donors (Lipinski definition) is 3.